The van der Waals surface area contributed by atoms with Gasteiger partial charge in [-0.05, 0) is 12.5 Å². The zero-order valence-corrected chi connectivity index (χ0v) is 12.2. The smallest absolute Gasteiger partial charge is 0.331 e. The van der Waals surface area contributed by atoms with Gasteiger partial charge in [0.25, 0.3) is 5.56 Å². The molecule has 0 bridgehead atoms. The molecule has 0 radical (unpaired) electrons. The second-order valence-electron chi connectivity index (χ2n) is 4.95. The third kappa shape index (κ3) is 4.14. The summed E-state index contributed by atoms with van der Waals surface area (Å²) < 4.78 is 23.9. The Labute approximate surface area is 126 Å². The van der Waals surface area contributed by atoms with E-state index in [1.165, 1.54) is 12.0 Å². The van der Waals surface area contributed by atoms with Gasteiger partial charge in [-0.3, -0.25) is 9.59 Å². The summed E-state index contributed by atoms with van der Waals surface area (Å²) in [6.07, 6.45) is 1.36. The molecule has 0 aliphatic carbocycles. The minimum absolute atomic E-state index is 0.160. The Morgan fingerprint density at radius 2 is 2.18 bits per heavy atom. The van der Waals surface area contributed by atoms with Crippen LogP contribution in [0.5, 0.6) is 0 Å². The lowest BCUT2D eigenvalue weighted by atomic mass is 10.3. The van der Waals surface area contributed by atoms with Crippen molar-refractivity contribution in [1.29, 1.82) is 0 Å². The first kappa shape index (κ1) is 16.2. The van der Waals surface area contributed by atoms with Gasteiger partial charge in [0.2, 0.25) is 5.91 Å². The lowest BCUT2D eigenvalue weighted by Gasteiger charge is -2.17. The molecule has 7 nitrogen and oxygen atoms in total. The van der Waals surface area contributed by atoms with Crippen molar-refractivity contribution in [2.45, 2.75) is 19.1 Å². The van der Waals surface area contributed by atoms with Gasteiger partial charge in [-0.15, -0.1) is 0 Å². The van der Waals surface area contributed by atoms with Crippen molar-refractivity contribution in [2.75, 3.05) is 26.8 Å². The van der Waals surface area contributed by atoms with E-state index < -0.39 is 17.3 Å². The van der Waals surface area contributed by atoms with Gasteiger partial charge < -0.3 is 18.9 Å². The quantitative estimate of drug-likeness (QED) is 0.702. The van der Waals surface area contributed by atoms with Gasteiger partial charge >= 0.3 is 5.97 Å². The lowest BCUT2D eigenvalue weighted by molar-refractivity contribution is -0.147. The van der Waals surface area contributed by atoms with Crippen LogP contribution in [0.1, 0.15) is 6.42 Å². The molecule has 1 saturated heterocycles. The molecule has 0 saturated carbocycles. The Morgan fingerprint density at radius 1 is 1.41 bits per heavy atom. The molecule has 1 aliphatic heterocycles. The van der Waals surface area contributed by atoms with E-state index in [1.807, 2.05) is 0 Å². The fraction of sp³-hybridized carbons (Fsp3) is 0.500. The summed E-state index contributed by atoms with van der Waals surface area (Å²) in [4.78, 5) is 36.2. The topological polar surface area (TPSA) is 77.8 Å². The van der Waals surface area contributed by atoms with Gasteiger partial charge in [0.05, 0.1) is 13.2 Å². The third-order valence-electron chi connectivity index (χ3n) is 3.42. The van der Waals surface area contributed by atoms with Crippen LogP contribution in [0.2, 0.25) is 0 Å². The number of nitrogens with zero attached hydrogens (tertiary/aromatic N) is 2. The molecule has 0 aromatic carbocycles. The number of carbonyl (C=O) groups excluding carboxylic acids is 2. The summed E-state index contributed by atoms with van der Waals surface area (Å²) >= 11 is 0. The number of hydrogen-bond acceptors (Lipinski definition) is 5. The van der Waals surface area contributed by atoms with Crippen LogP contribution >= 0.6 is 0 Å². The maximum absolute atomic E-state index is 13.1. The van der Waals surface area contributed by atoms with Crippen LogP contribution in [0.4, 0.5) is 4.39 Å². The number of ether oxygens (including phenoxy) is 2. The molecule has 1 aromatic rings. The maximum atomic E-state index is 13.1. The molecular weight excluding hydrogens is 295 g/mol. The largest absolute Gasteiger partial charge is 0.467 e. The average Bonchev–Trinajstić information content (AvgIpc) is 2.97. The zero-order valence-electron chi connectivity index (χ0n) is 12.2. The average molecular weight is 312 g/mol. The third-order valence-corrected chi connectivity index (χ3v) is 3.42. The molecule has 8 heteroatoms. The number of likely N-dealkylation sites (tertiary alicyclic amines) is 1. The Bertz CT molecular complexity index is 615. The fourth-order valence-electron chi connectivity index (χ4n) is 2.21. The molecule has 1 unspecified atom stereocenters. The number of amides is 1. The molecule has 1 aromatic heterocycles. The maximum Gasteiger partial charge on any atom is 0.331 e. The molecule has 120 valence electrons. The van der Waals surface area contributed by atoms with Gasteiger partial charge in [0.1, 0.15) is 19.0 Å². The summed E-state index contributed by atoms with van der Waals surface area (Å²) in [6.45, 7) is 0.418. The van der Waals surface area contributed by atoms with Crippen LogP contribution in [0, 0.1) is 5.82 Å². The lowest BCUT2D eigenvalue weighted by Crippen LogP contribution is -2.35. The van der Waals surface area contributed by atoms with Gasteiger partial charge in [-0.2, -0.15) is 0 Å². The van der Waals surface area contributed by atoms with Crippen molar-refractivity contribution >= 4 is 11.9 Å². The number of carbonyl (C=O) groups is 2. The van der Waals surface area contributed by atoms with Crippen molar-refractivity contribution < 1.29 is 23.5 Å². The van der Waals surface area contributed by atoms with E-state index in [9.17, 15) is 18.8 Å². The molecular formula is C14H17FN2O5. The van der Waals surface area contributed by atoms with Crippen LogP contribution in [0.15, 0.2) is 23.1 Å². The fourth-order valence-corrected chi connectivity index (χ4v) is 2.21. The monoisotopic (exact) mass is 312 g/mol. The van der Waals surface area contributed by atoms with E-state index in [0.29, 0.717) is 19.5 Å². The standard InChI is InChI=1S/C14H17FN2O5/c1-21-14(20)9-22-11-4-5-16(7-11)13(19)8-17-6-10(15)2-3-12(17)18/h2-3,6,11H,4-5,7-9H2,1H3. The zero-order chi connectivity index (χ0) is 16.1. The first-order valence-corrected chi connectivity index (χ1v) is 6.82. The Morgan fingerprint density at radius 3 is 2.91 bits per heavy atom. The first-order chi connectivity index (χ1) is 10.5. The molecule has 22 heavy (non-hydrogen) atoms. The Hall–Kier alpha value is -2.22. The molecule has 1 aliphatic rings. The second-order valence-corrected chi connectivity index (χ2v) is 4.95. The summed E-state index contributed by atoms with van der Waals surface area (Å²) in [6, 6.07) is 2.13. The van der Waals surface area contributed by atoms with E-state index in [2.05, 4.69) is 4.74 Å². The SMILES string of the molecule is COC(=O)COC1CCN(C(=O)Cn2cc(F)ccc2=O)C1. The summed E-state index contributed by atoms with van der Waals surface area (Å²) in [5.41, 5.74) is -0.438. The normalized spacial score (nSPS) is 17.5. The molecule has 0 spiro atoms. The summed E-state index contributed by atoms with van der Waals surface area (Å²) in [5, 5.41) is 0. The van der Waals surface area contributed by atoms with Crippen molar-refractivity contribution in [3.05, 3.63) is 34.5 Å². The molecule has 2 heterocycles. The second kappa shape index (κ2) is 7.17. The Balaban J connectivity index is 1.88. The van der Waals surface area contributed by atoms with Gasteiger partial charge in [-0.25, -0.2) is 9.18 Å². The minimum Gasteiger partial charge on any atom is -0.467 e. The number of esters is 1. The number of methoxy groups -OCH3 is 1. The van der Waals surface area contributed by atoms with E-state index in [4.69, 9.17) is 4.74 Å². The number of hydrogen-bond donors (Lipinski definition) is 0. The van der Waals surface area contributed by atoms with E-state index >= 15 is 0 Å². The van der Waals surface area contributed by atoms with Crippen LogP contribution in [-0.4, -0.2) is 54.3 Å². The van der Waals surface area contributed by atoms with E-state index in [-0.39, 0.29) is 25.2 Å². The van der Waals surface area contributed by atoms with E-state index in [1.54, 1.807) is 0 Å². The van der Waals surface area contributed by atoms with Crippen molar-refractivity contribution in [1.82, 2.24) is 9.47 Å². The van der Waals surface area contributed by atoms with E-state index in [0.717, 1.165) is 22.9 Å². The van der Waals surface area contributed by atoms with Gasteiger partial charge in [-0.1, -0.05) is 0 Å². The van der Waals surface area contributed by atoms with Crippen LogP contribution < -0.4 is 5.56 Å². The first-order valence-electron chi connectivity index (χ1n) is 6.82. The number of pyridine rings is 1. The van der Waals surface area contributed by atoms with Crippen molar-refractivity contribution in [3.8, 4) is 0 Å². The van der Waals surface area contributed by atoms with Crippen LogP contribution in [0.3, 0.4) is 0 Å². The number of halogens is 1. The number of rotatable bonds is 5. The van der Waals surface area contributed by atoms with Crippen LogP contribution in [0.25, 0.3) is 0 Å². The summed E-state index contributed by atoms with van der Waals surface area (Å²) in [5.74, 6) is -1.35. The van der Waals surface area contributed by atoms with Gasteiger partial charge in [0, 0.05) is 25.4 Å². The molecule has 0 N–H and O–H groups in total. The molecule has 2 rings (SSSR count). The van der Waals surface area contributed by atoms with Crippen LogP contribution in [-0.2, 0) is 25.6 Å². The highest BCUT2D eigenvalue weighted by molar-refractivity contribution is 5.76. The minimum atomic E-state index is -0.576. The van der Waals surface area contributed by atoms with Gasteiger partial charge in [0.15, 0.2) is 0 Å². The highest BCUT2D eigenvalue weighted by Crippen LogP contribution is 2.13. The molecule has 1 fully saturated rings. The summed E-state index contributed by atoms with van der Waals surface area (Å²) in [7, 11) is 1.27. The van der Waals surface area contributed by atoms with Crippen molar-refractivity contribution in [3.63, 3.8) is 0 Å². The predicted molar refractivity (Wildman–Crippen MR) is 73.6 cm³/mol. The number of aromatic nitrogens is 1. The van der Waals surface area contributed by atoms with Crippen molar-refractivity contribution in [2.24, 2.45) is 0 Å². The highest BCUT2D eigenvalue weighted by atomic mass is 19.1. The molecule has 1 atom stereocenters. The predicted octanol–water partition coefficient (Wildman–Crippen LogP) is -0.222. The molecule has 1 amide bonds. The highest BCUT2D eigenvalue weighted by Gasteiger charge is 2.27. The Kier molecular flexibility index (Phi) is 5.26.